The van der Waals surface area contributed by atoms with Crippen molar-refractivity contribution >= 4 is 54.3 Å². The third-order valence-electron chi connectivity index (χ3n) is 5.00. The second-order valence-electron chi connectivity index (χ2n) is 6.99. The first-order valence-corrected chi connectivity index (χ1v) is 11.9. The predicted octanol–water partition coefficient (Wildman–Crippen LogP) is 4.18. The van der Waals surface area contributed by atoms with Gasteiger partial charge in [-0.05, 0) is 24.3 Å². The molecule has 170 valence electrons. The molecule has 4 rings (SSSR count). The molecular formula is C19H15ClF3N3O4S2. The van der Waals surface area contributed by atoms with E-state index in [-0.39, 0.29) is 36.8 Å². The Morgan fingerprint density at radius 2 is 1.78 bits per heavy atom. The predicted molar refractivity (Wildman–Crippen MR) is 114 cm³/mol. The number of thiazole rings is 1. The fourth-order valence-electron chi connectivity index (χ4n) is 3.42. The van der Waals surface area contributed by atoms with E-state index < -0.39 is 32.6 Å². The Kier molecular flexibility index (Phi) is 5.82. The van der Waals surface area contributed by atoms with E-state index in [1.54, 1.807) is 4.90 Å². The molecule has 0 radical (unpaired) electrons. The smallest absolute Gasteiger partial charge is 0.417 e. The number of alkyl halides is 3. The lowest BCUT2D eigenvalue weighted by atomic mass is 10.2. The minimum Gasteiger partial charge on any atom is -0.478 e. The van der Waals surface area contributed by atoms with Gasteiger partial charge in [-0.1, -0.05) is 35.1 Å². The molecule has 2 heterocycles. The number of aromatic carboxylic acids is 1. The molecule has 0 bridgehead atoms. The molecule has 32 heavy (non-hydrogen) atoms. The van der Waals surface area contributed by atoms with Crippen LogP contribution in [0.4, 0.5) is 18.3 Å². The van der Waals surface area contributed by atoms with Gasteiger partial charge in [-0.2, -0.15) is 17.5 Å². The van der Waals surface area contributed by atoms with Gasteiger partial charge in [0.05, 0.1) is 25.7 Å². The Labute approximate surface area is 189 Å². The van der Waals surface area contributed by atoms with Crippen molar-refractivity contribution in [2.75, 3.05) is 31.1 Å². The van der Waals surface area contributed by atoms with E-state index >= 15 is 0 Å². The second kappa shape index (κ2) is 8.18. The van der Waals surface area contributed by atoms with Crippen LogP contribution >= 0.6 is 22.9 Å². The molecule has 1 N–H and O–H groups in total. The zero-order chi connectivity index (χ0) is 23.3. The highest BCUT2D eigenvalue weighted by Gasteiger charge is 2.39. The number of hydrogen-bond acceptors (Lipinski definition) is 6. The maximum Gasteiger partial charge on any atom is 0.417 e. The van der Waals surface area contributed by atoms with E-state index in [1.165, 1.54) is 29.5 Å². The summed E-state index contributed by atoms with van der Waals surface area (Å²) in [6, 6.07) is 6.87. The summed E-state index contributed by atoms with van der Waals surface area (Å²) in [6.07, 6.45) is -4.79. The van der Waals surface area contributed by atoms with Crippen molar-refractivity contribution in [2.24, 2.45) is 0 Å². The van der Waals surface area contributed by atoms with Gasteiger partial charge < -0.3 is 10.0 Å². The minimum absolute atomic E-state index is 0.0249. The molecule has 1 saturated heterocycles. The molecule has 1 aromatic heterocycles. The SMILES string of the molecule is O=C(O)c1cc(Cl)c2nc(N3CCN(S(=O)(=O)c4ccccc4C(F)(F)F)CC3)sc2c1. The first-order valence-electron chi connectivity index (χ1n) is 9.23. The third kappa shape index (κ3) is 4.15. The lowest BCUT2D eigenvalue weighted by Gasteiger charge is -2.34. The lowest BCUT2D eigenvalue weighted by Crippen LogP contribution is -2.48. The first kappa shape index (κ1) is 22.8. The van der Waals surface area contributed by atoms with E-state index in [1.807, 2.05) is 0 Å². The van der Waals surface area contributed by atoms with Crippen LogP contribution in [0, 0.1) is 0 Å². The summed E-state index contributed by atoms with van der Waals surface area (Å²) in [5, 5.41) is 9.89. The monoisotopic (exact) mass is 505 g/mol. The van der Waals surface area contributed by atoms with Gasteiger partial charge in [-0.25, -0.2) is 18.2 Å². The van der Waals surface area contributed by atoms with Gasteiger partial charge in [0, 0.05) is 26.2 Å². The number of rotatable bonds is 4. The molecule has 1 fully saturated rings. The molecule has 3 aromatic rings. The topological polar surface area (TPSA) is 90.8 Å². The van der Waals surface area contributed by atoms with Gasteiger partial charge in [0.25, 0.3) is 0 Å². The molecule has 1 aliphatic heterocycles. The molecule has 13 heteroatoms. The maximum atomic E-state index is 13.3. The van der Waals surface area contributed by atoms with Crippen LogP contribution in [0.5, 0.6) is 0 Å². The molecule has 2 aromatic carbocycles. The Morgan fingerprint density at radius 3 is 2.41 bits per heavy atom. The Hall–Kier alpha value is -2.41. The zero-order valence-corrected chi connectivity index (χ0v) is 18.5. The third-order valence-corrected chi connectivity index (χ3v) is 8.31. The summed E-state index contributed by atoms with van der Waals surface area (Å²) in [6.45, 7) is 0.352. The van der Waals surface area contributed by atoms with Gasteiger partial charge in [0.15, 0.2) is 5.13 Å². The summed E-state index contributed by atoms with van der Waals surface area (Å²) >= 11 is 7.35. The van der Waals surface area contributed by atoms with Crippen molar-refractivity contribution in [1.82, 2.24) is 9.29 Å². The molecule has 7 nitrogen and oxygen atoms in total. The van der Waals surface area contributed by atoms with E-state index in [2.05, 4.69) is 4.98 Å². The number of benzene rings is 2. The van der Waals surface area contributed by atoms with Crippen molar-refractivity contribution in [1.29, 1.82) is 0 Å². The number of carboxylic acid groups (broad SMARTS) is 1. The largest absolute Gasteiger partial charge is 0.478 e. The highest BCUT2D eigenvalue weighted by Crippen LogP contribution is 2.37. The van der Waals surface area contributed by atoms with Gasteiger partial charge in [-0.15, -0.1) is 0 Å². The van der Waals surface area contributed by atoms with Crippen LogP contribution in [0.15, 0.2) is 41.3 Å². The van der Waals surface area contributed by atoms with Crippen molar-refractivity contribution in [2.45, 2.75) is 11.1 Å². The number of piperazine rings is 1. The van der Waals surface area contributed by atoms with Gasteiger partial charge in [0.1, 0.15) is 5.52 Å². The molecule has 0 unspecified atom stereocenters. The van der Waals surface area contributed by atoms with Crippen LogP contribution in [0.25, 0.3) is 10.2 Å². The quantitative estimate of drug-likeness (QED) is 0.572. The number of halogens is 4. The molecular weight excluding hydrogens is 491 g/mol. The van der Waals surface area contributed by atoms with Crippen molar-refractivity contribution in [3.63, 3.8) is 0 Å². The summed E-state index contributed by atoms with van der Waals surface area (Å²) in [4.78, 5) is 16.7. The summed E-state index contributed by atoms with van der Waals surface area (Å²) in [5.41, 5.74) is -0.736. The maximum absolute atomic E-state index is 13.3. The Morgan fingerprint density at radius 1 is 1.12 bits per heavy atom. The van der Waals surface area contributed by atoms with E-state index in [9.17, 15) is 31.5 Å². The average Bonchev–Trinajstić information content (AvgIpc) is 3.18. The van der Waals surface area contributed by atoms with Crippen LogP contribution in [-0.4, -0.2) is 55.0 Å². The van der Waals surface area contributed by atoms with Crippen LogP contribution in [0.3, 0.4) is 0 Å². The van der Waals surface area contributed by atoms with Crippen LogP contribution in [0.1, 0.15) is 15.9 Å². The fraction of sp³-hybridized carbons (Fsp3) is 0.263. The summed E-state index contributed by atoms with van der Waals surface area (Å²) < 4.78 is 67.3. The fourth-order valence-corrected chi connectivity index (χ4v) is 6.46. The molecule has 1 aliphatic rings. The number of sulfonamides is 1. The summed E-state index contributed by atoms with van der Waals surface area (Å²) in [7, 11) is -4.34. The lowest BCUT2D eigenvalue weighted by molar-refractivity contribution is -0.139. The molecule has 0 spiro atoms. The number of carbonyl (C=O) groups is 1. The first-order chi connectivity index (χ1) is 15.0. The highest BCUT2D eigenvalue weighted by molar-refractivity contribution is 7.89. The normalized spacial score (nSPS) is 15.9. The van der Waals surface area contributed by atoms with E-state index in [0.717, 1.165) is 22.5 Å². The zero-order valence-electron chi connectivity index (χ0n) is 16.1. The molecule has 0 aliphatic carbocycles. The molecule has 0 atom stereocenters. The summed E-state index contributed by atoms with van der Waals surface area (Å²) in [5.74, 6) is -1.12. The Balaban J connectivity index is 1.56. The number of anilines is 1. The van der Waals surface area contributed by atoms with E-state index in [4.69, 9.17) is 11.6 Å². The van der Waals surface area contributed by atoms with E-state index in [0.29, 0.717) is 15.3 Å². The van der Waals surface area contributed by atoms with Crippen LogP contribution < -0.4 is 4.90 Å². The molecule has 0 amide bonds. The second-order valence-corrected chi connectivity index (χ2v) is 10.3. The minimum atomic E-state index is -4.79. The van der Waals surface area contributed by atoms with Crippen LogP contribution in [-0.2, 0) is 16.2 Å². The standard InChI is InChI=1S/C19H15ClF3N3O4S2/c20-13-9-11(17(27)28)10-14-16(13)24-18(31-14)25-5-7-26(8-6-25)32(29,30)15-4-2-1-3-12(15)19(21,22)23/h1-4,9-10H,5-8H2,(H,27,28). The van der Waals surface area contributed by atoms with Gasteiger partial charge >= 0.3 is 12.1 Å². The van der Waals surface area contributed by atoms with Gasteiger partial charge in [-0.3, -0.25) is 0 Å². The van der Waals surface area contributed by atoms with Crippen molar-refractivity contribution in [3.8, 4) is 0 Å². The van der Waals surface area contributed by atoms with Crippen molar-refractivity contribution in [3.05, 3.63) is 52.5 Å². The number of fused-ring (bicyclic) bond motifs is 1. The number of hydrogen-bond donors (Lipinski definition) is 1. The number of carboxylic acids is 1. The number of aromatic nitrogens is 1. The van der Waals surface area contributed by atoms with Gasteiger partial charge in [0.2, 0.25) is 10.0 Å². The Bertz CT molecular complexity index is 1300. The average molecular weight is 506 g/mol. The van der Waals surface area contributed by atoms with Crippen molar-refractivity contribution < 1.29 is 31.5 Å². The van der Waals surface area contributed by atoms with Crippen LogP contribution in [0.2, 0.25) is 5.02 Å². The molecule has 0 saturated carbocycles. The highest BCUT2D eigenvalue weighted by atomic mass is 35.5. The number of nitrogens with zero attached hydrogens (tertiary/aromatic N) is 3.